The smallest absolute Gasteiger partial charge is 0.262 e. The van der Waals surface area contributed by atoms with E-state index in [4.69, 9.17) is 4.74 Å². The van der Waals surface area contributed by atoms with Crippen molar-refractivity contribution in [1.82, 2.24) is 10.2 Å². The molecule has 0 aliphatic carbocycles. The topological polar surface area (TPSA) is 68.6 Å². The highest BCUT2D eigenvalue weighted by Gasteiger charge is 2.25. The summed E-state index contributed by atoms with van der Waals surface area (Å²) in [5.41, 5.74) is 2.20. The zero-order valence-electron chi connectivity index (χ0n) is 20.2. The number of nitrogens with one attached hydrogen (secondary N) is 1. The third-order valence-electron chi connectivity index (χ3n) is 5.60. The first-order valence-corrected chi connectivity index (χ1v) is 11.0. The van der Waals surface area contributed by atoms with Gasteiger partial charge in [-0.15, -0.1) is 0 Å². The summed E-state index contributed by atoms with van der Waals surface area (Å²) in [5.74, 6) is -0.344. The van der Waals surface area contributed by atoms with Crippen LogP contribution < -0.4 is 10.2 Å². The SMILES string of the molecule is CC(=C(C#N)C(=O)NC(C)(C)CCOC(C)(C)C)c1ccc(N2CCN(C)CC2)cc1. The van der Waals surface area contributed by atoms with Gasteiger partial charge in [-0.2, -0.15) is 5.26 Å². The number of ether oxygens (including phenoxy) is 1. The number of piperazine rings is 1. The van der Waals surface area contributed by atoms with Gasteiger partial charge in [-0.25, -0.2) is 0 Å². The first-order valence-electron chi connectivity index (χ1n) is 11.0. The van der Waals surface area contributed by atoms with Crippen molar-refractivity contribution in [2.75, 3.05) is 44.7 Å². The predicted molar refractivity (Wildman–Crippen MR) is 127 cm³/mol. The Morgan fingerprint density at radius 1 is 1.10 bits per heavy atom. The summed E-state index contributed by atoms with van der Waals surface area (Å²) in [6.45, 7) is 16.4. The molecule has 1 aliphatic heterocycles. The second kappa shape index (κ2) is 10.3. The van der Waals surface area contributed by atoms with Gasteiger partial charge in [0.05, 0.1) is 5.60 Å². The van der Waals surface area contributed by atoms with Crippen LogP contribution in [0, 0.1) is 11.3 Å². The van der Waals surface area contributed by atoms with Crippen LogP contribution in [0.2, 0.25) is 0 Å². The minimum absolute atomic E-state index is 0.150. The Hall–Kier alpha value is -2.36. The molecule has 6 heteroatoms. The Balaban J connectivity index is 2.07. The van der Waals surface area contributed by atoms with E-state index in [2.05, 4.69) is 40.4 Å². The number of likely N-dealkylation sites (N-methyl/N-ethyl adjacent to an activating group) is 1. The van der Waals surface area contributed by atoms with Crippen LogP contribution >= 0.6 is 0 Å². The van der Waals surface area contributed by atoms with Crippen LogP contribution in [0.25, 0.3) is 5.57 Å². The summed E-state index contributed by atoms with van der Waals surface area (Å²) in [4.78, 5) is 17.6. The number of nitriles is 1. The van der Waals surface area contributed by atoms with E-state index in [9.17, 15) is 10.1 Å². The van der Waals surface area contributed by atoms with Crippen LogP contribution in [0.4, 0.5) is 5.69 Å². The molecule has 1 fully saturated rings. The average Bonchev–Trinajstić information content (AvgIpc) is 2.67. The normalized spacial score (nSPS) is 16.5. The van der Waals surface area contributed by atoms with Crippen molar-refractivity contribution in [3.05, 3.63) is 35.4 Å². The van der Waals surface area contributed by atoms with E-state index in [1.165, 1.54) is 5.69 Å². The van der Waals surface area contributed by atoms with Gasteiger partial charge in [0, 0.05) is 44.0 Å². The van der Waals surface area contributed by atoms with Gasteiger partial charge in [0.1, 0.15) is 11.6 Å². The summed E-state index contributed by atoms with van der Waals surface area (Å²) in [6.07, 6.45) is 0.660. The Bertz CT molecular complexity index is 821. The molecule has 0 saturated carbocycles. The van der Waals surface area contributed by atoms with E-state index >= 15 is 0 Å². The molecule has 0 spiro atoms. The molecule has 0 radical (unpaired) electrons. The monoisotopic (exact) mass is 426 g/mol. The fourth-order valence-corrected chi connectivity index (χ4v) is 3.48. The molecule has 31 heavy (non-hydrogen) atoms. The Morgan fingerprint density at radius 2 is 1.68 bits per heavy atom. The van der Waals surface area contributed by atoms with Crippen LogP contribution in [-0.2, 0) is 9.53 Å². The molecule has 1 heterocycles. The lowest BCUT2D eigenvalue weighted by Gasteiger charge is -2.34. The number of anilines is 1. The lowest BCUT2D eigenvalue weighted by molar-refractivity contribution is -0.118. The number of benzene rings is 1. The Labute approximate surface area is 187 Å². The molecule has 170 valence electrons. The van der Waals surface area contributed by atoms with Crippen molar-refractivity contribution in [3.63, 3.8) is 0 Å². The van der Waals surface area contributed by atoms with Gasteiger partial charge in [0.15, 0.2) is 0 Å². The third-order valence-corrected chi connectivity index (χ3v) is 5.60. The quantitative estimate of drug-likeness (QED) is 0.530. The second-order valence-electron chi connectivity index (χ2n) is 10.00. The molecule has 1 aromatic carbocycles. The minimum Gasteiger partial charge on any atom is -0.376 e. The van der Waals surface area contributed by atoms with Gasteiger partial charge in [0.25, 0.3) is 5.91 Å². The molecule has 1 N–H and O–H groups in total. The maximum absolute atomic E-state index is 12.9. The van der Waals surface area contributed by atoms with Crippen LogP contribution in [0.5, 0.6) is 0 Å². The number of hydrogen-bond acceptors (Lipinski definition) is 5. The Kier molecular flexibility index (Phi) is 8.27. The Morgan fingerprint density at radius 3 is 2.19 bits per heavy atom. The number of rotatable bonds is 7. The third kappa shape index (κ3) is 7.68. The lowest BCUT2D eigenvalue weighted by Crippen LogP contribution is -2.45. The lowest BCUT2D eigenvalue weighted by atomic mass is 9.97. The molecule has 0 atom stereocenters. The summed E-state index contributed by atoms with van der Waals surface area (Å²) >= 11 is 0. The number of amides is 1. The highest BCUT2D eigenvalue weighted by atomic mass is 16.5. The average molecular weight is 427 g/mol. The highest BCUT2D eigenvalue weighted by molar-refractivity contribution is 6.04. The maximum Gasteiger partial charge on any atom is 0.262 e. The second-order valence-corrected chi connectivity index (χ2v) is 10.00. The minimum atomic E-state index is -0.476. The van der Waals surface area contributed by atoms with Gasteiger partial charge in [-0.3, -0.25) is 4.79 Å². The van der Waals surface area contributed by atoms with Crippen molar-refractivity contribution >= 4 is 17.2 Å². The molecule has 1 amide bonds. The van der Waals surface area contributed by atoms with Gasteiger partial charge in [-0.05, 0) is 78.3 Å². The molecule has 0 aromatic heterocycles. The summed E-state index contributed by atoms with van der Waals surface area (Å²) in [5, 5.41) is 12.7. The van der Waals surface area contributed by atoms with E-state index < -0.39 is 5.54 Å². The first-order chi connectivity index (χ1) is 14.4. The highest BCUT2D eigenvalue weighted by Crippen LogP contribution is 2.24. The van der Waals surface area contributed by atoms with Crippen molar-refractivity contribution < 1.29 is 9.53 Å². The van der Waals surface area contributed by atoms with Crippen molar-refractivity contribution in [2.24, 2.45) is 0 Å². The van der Waals surface area contributed by atoms with Crippen LogP contribution in [0.15, 0.2) is 29.8 Å². The molecular weight excluding hydrogens is 388 g/mol. The summed E-state index contributed by atoms with van der Waals surface area (Å²) in [6, 6.07) is 10.2. The van der Waals surface area contributed by atoms with Crippen LogP contribution in [0.3, 0.4) is 0 Å². The molecule has 0 bridgehead atoms. The van der Waals surface area contributed by atoms with Crippen LogP contribution in [-0.4, -0.2) is 61.8 Å². The van der Waals surface area contributed by atoms with Crippen molar-refractivity contribution in [1.29, 1.82) is 5.26 Å². The number of nitrogens with zero attached hydrogens (tertiary/aromatic N) is 3. The van der Waals surface area contributed by atoms with Gasteiger partial charge >= 0.3 is 0 Å². The number of hydrogen-bond donors (Lipinski definition) is 1. The maximum atomic E-state index is 12.9. The molecule has 1 saturated heterocycles. The first kappa shape index (κ1) is 24.9. The summed E-state index contributed by atoms with van der Waals surface area (Å²) < 4.78 is 5.78. The fraction of sp³-hybridized carbons (Fsp3) is 0.600. The van der Waals surface area contributed by atoms with E-state index in [1.807, 2.05) is 53.7 Å². The van der Waals surface area contributed by atoms with E-state index in [-0.39, 0.29) is 17.1 Å². The number of allylic oxidation sites excluding steroid dienone is 1. The van der Waals surface area contributed by atoms with E-state index in [1.54, 1.807) is 0 Å². The summed E-state index contributed by atoms with van der Waals surface area (Å²) in [7, 11) is 2.14. The predicted octanol–water partition coefficient (Wildman–Crippen LogP) is 3.84. The largest absolute Gasteiger partial charge is 0.376 e. The number of carbonyl (C=O) groups is 1. The molecular formula is C25H38N4O2. The fourth-order valence-electron chi connectivity index (χ4n) is 3.48. The zero-order valence-corrected chi connectivity index (χ0v) is 20.2. The molecule has 0 unspecified atom stereocenters. The number of carbonyl (C=O) groups excluding carboxylic acids is 1. The van der Waals surface area contributed by atoms with Gasteiger partial charge < -0.3 is 19.9 Å². The van der Waals surface area contributed by atoms with Crippen molar-refractivity contribution in [3.8, 4) is 6.07 Å². The van der Waals surface area contributed by atoms with Gasteiger partial charge in [0.2, 0.25) is 0 Å². The standard InChI is InChI=1S/C25H38N4O2/c1-19(20-8-10-21(11-9-20)29-15-13-28(7)14-16-29)22(18-26)23(30)27-25(5,6)12-17-31-24(2,3)4/h8-11H,12-17H2,1-7H3,(H,27,30). The van der Waals surface area contributed by atoms with E-state index in [0.29, 0.717) is 18.6 Å². The molecule has 6 nitrogen and oxygen atoms in total. The van der Waals surface area contributed by atoms with E-state index in [0.717, 1.165) is 31.7 Å². The van der Waals surface area contributed by atoms with Crippen molar-refractivity contribution in [2.45, 2.75) is 59.1 Å². The van der Waals surface area contributed by atoms with Crippen LogP contribution in [0.1, 0.15) is 53.5 Å². The molecule has 1 aliphatic rings. The zero-order chi connectivity index (χ0) is 23.2. The molecule has 2 rings (SSSR count). The van der Waals surface area contributed by atoms with Gasteiger partial charge in [-0.1, -0.05) is 12.1 Å². The molecule has 1 aromatic rings.